The van der Waals surface area contributed by atoms with Crippen LogP contribution < -0.4 is 5.32 Å². The molecule has 4 rings (SSSR count). The predicted octanol–water partition coefficient (Wildman–Crippen LogP) is 2.34. The topological polar surface area (TPSA) is 80.5 Å². The molecule has 0 aromatic carbocycles. The standard InChI is InChI=1S/C18H22N4O3/c23-16(14-2-10-24-13-14)22-8-4-18(5-9-22)12-15(3-11-25-18)21-17-19-6-1-7-20-17/h1-2,6-7,10,13,15H,3-5,8-9,11-12H2,(H,19,20,21)/t15-/m1/s1. The zero-order valence-corrected chi connectivity index (χ0v) is 14.1. The summed E-state index contributed by atoms with van der Waals surface area (Å²) >= 11 is 0. The number of nitrogens with one attached hydrogen (secondary N) is 1. The van der Waals surface area contributed by atoms with Crippen LogP contribution in [0.5, 0.6) is 0 Å². The fourth-order valence-corrected chi connectivity index (χ4v) is 3.74. The summed E-state index contributed by atoms with van der Waals surface area (Å²) in [5.41, 5.74) is 0.457. The highest BCUT2D eigenvalue weighted by molar-refractivity contribution is 5.93. The van der Waals surface area contributed by atoms with Gasteiger partial charge in [0, 0.05) is 38.1 Å². The van der Waals surface area contributed by atoms with Crippen LogP contribution >= 0.6 is 0 Å². The molecule has 7 nitrogen and oxygen atoms in total. The Bertz CT molecular complexity index is 696. The normalized spacial score (nSPS) is 22.7. The molecular formula is C18H22N4O3. The molecule has 2 aliphatic heterocycles. The van der Waals surface area contributed by atoms with Crippen LogP contribution in [0, 0.1) is 0 Å². The minimum absolute atomic E-state index is 0.0340. The van der Waals surface area contributed by atoms with Crippen molar-refractivity contribution < 1.29 is 13.9 Å². The summed E-state index contributed by atoms with van der Waals surface area (Å²) in [6.07, 6.45) is 10.1. The van der Waals surface area contributed by atoms with Crippen molar-refractivity contribution in [3.63, 3.8) is 0 Å². The molecule has 2 aliphatic rings. The van der Waals surface area contributed by atoms with E-state index < -0.39 is 0 Å². The van der Waals surface area contributed by atoms with Gasteiger partial charge in [0.05, 0.1) is 17.4 Å². The third-order valence-electron chi connectivity index (χ3n) is 5.12. The minimum atomic E-state index is -0.155. The average molecular weight is 342 g/mol. The second kappa shape index (κ2) is 6.84. The molecule has 2 aromatic heterocycles. The van der Waals surface area contributed by atoms with E-state index in [-0.39, 0.29) is 11.5 Å². The van der Waals surface area contributed by atoms with Gasteiger partial charge in [0.25, 0.3) is 5.91 Å². The molecule has 1 spiro atoms. The molecular weight excluding hydrogens is 320 g/mol. The molecule has 2 fully saturated rings. The minimum Gasteiger partial charge on any atom is -0.472 e. The van der Waals surface area contributed by atoms with Crippen molar-refractivity contribution in [1.82, 2.24) is 14.9 Å². The summed E-state index contributed by atoms with van der Waals surface area (Å²) in [4.78, 5) is 22.8. The van der Waals surface area contributed by atoms with Gasteiger partial charge < -0.3 is 19.4 Å². The van der Waals surface area contributed by atoms with Crippen molar-refractivity contribution in [3.05, 3.63) is 42.6 Å². The van der Waals surface area contributed by atoms with Gasteiger partial charge in [0.15, 0.2) is 0 Å². The summed E-state index contributed by atoms with van der Waals surface area (Å²) in [6.45, 7) is 2.14. The van der Waals surface area contributed by atoms with Crippen LogP contribution in [0.1, 0.15) is 36.0 Å². The molecule has 0 aliphatic carbocycles. The number of anilines is 1. The van der Waals surface area contributed by atoms with Crippen molar-refractivity contribution in [2.75, 3.05) is 25.0 Å². The van der Waals surface area contributed by atoms with Gasteiger partial charge >= 0.3 is 0 Å². The maximum absolute atomic E-state index is 12.4. The van der Waals surface area contributed by atoms with E-state index in [2.05, 4.69) is 15.3 Å². The van der Waals surface area contributed by atoms with Crippen LogP contribution in [-0.2, 0) is 4.74 Å². The van der Waals surface area contributed by atoms with Gasteiger partial charge in [-0.1, -0.05) is 0 Å². The van der Waals surface area contributed by atoms with E-state index in [1.807, 2.05) is 11.0 Å². The fraction of sp³-hybridized carbons (Fsp3) is 0.500. The molecule has 4 heterocycles. The highest BCUT2D eigenvalue weighted by Crippen LogP contribution is 2.36. The third-order valence-corrected chi connectivity index (χ3v) is 5.12. The monoisotopic (exact) mass is 342 g/mol. The molecule has 1 amide bonds. The predicted molar refractivity (Wildman–Crippen MR) is 91.2 cm³/mol. The lowest BCUT2D eigenvalue weighted by molar-refractivity contribution is -0.110. The number of furan rings is 1. The quantitative estimate of drug-likeness (QED) is 0.922. The molecule has 132 valence electrons. The van der Waals surface area contributed by atoms with E-state index in [0.29, 0.717) is 30.6 Å². The summed E-state index contributed by atoms with van der Waals surface area (Å²) in [5.74, 6) is 0.698. The van der Waals surface area contributed by atoms with Crippen LogP contribution in [0.4, 0.5) is 5.95 Å². The number of rotatable bonds is 3. The number of ether oxygens (including phenoxy) is 1. The summed E-state index contributed by atoms with van der Waals surface area (Å²) in [7, 11) is 0. The van der Waals surface area contributed by atoms with Crippen molar-refractivity contribution in [1.29, 1.82) is 0 Å². The average Bonchev–Trinajstić information content (AvgIpc) is 3.18. The number of nitrogens with zero attached hydrogens (tertiary/aromatic N) is 3. The van der Waals surface area contributed by atoms with Gasteiger partial charge in [-0.2, -0.15) is 0 Å². The van der Waals surface area contributed by atoms with E-state index in [1.165, 1.54) is 12.5 Å². The molecule has 7 heteroatoms. The smallest absolute Gasteiger partial charge is 0.257 e. The highest BCUT2D eigenvalue weighted by Gasteiger charge is 2.41. The molecule has 0 saturated carbocycles. The third kappa shape index (κ3) is 3.51. The molecule has 1 atom stereocenters. The van der Waals surface area contributed by atoms with Gasteiger partial charge in [-0.25, -0.2) is 9.97 Å². The molecule has 2 saturated heterocycles. The summed E-state index contributed by atoms with van der Waals surface area (Å²) in [5, 5.41) is 3.41. The number of piperidine rings is 1. The van der Waals surface area contributed by atoms with Crippen LogP contribution in [0.15, 0.2) is 41.5 Å². The molecule has 1 N–H and O–H groups in total. The number of carbonyl (C=O) groups excluding carboxylic acids is 1. The van der Waals surface area contributed by atoms with Crippen LogP contribution in [0.2, 0.25) is 0 Å². The number of carbonyl (C=O) groups is 1. The van der Waals surface area contributed by atoms with Crippen LogP contribution in [-0.4, -0.2) is 52.1 Å². The Morgan fingerprint density at radius 2 is 2.08 bits per heavy atom. The Kier molecular flexibility index (Phi) is 4.40. The first-order valence-corrected chi connectivity index (χ1v) is 8.73. The summed E-state index contributed by atoms with van der Waals surface area (Å²) < 4.78 is 11.2. The van der Waals surface area contributed by atoms with E-state index in [4.69, 9.17) is 9.15 Å². The second-order valence-corrected chi connectivity index (χ2v) is 6.74. The van der Waals surface area contributed by atoms with E-state index in [9.17, 15) is 4.79 Å². The Morgan fingerprint density at radius 3 is 2.80 bits per heavy atom. The van der Waals surface area contributed by atoms with E-state index >= 15 is 0 Å². The largest absolute Gasteiger partial charge is 0.472 e. The van der Waals surface area contributed by atoms with E-state index in [1.54, 1.807) is 18.5 Å². The van der Waals surface area contributed by atoms with Crippen molar-refractivity contribution in [2.24, 2.45) is 0 Å². The van der Waals surface area contributed by atoms with Crippen LogP contribution in [0.25, 0.3) is 0 Å². The van der Waals surface area contributed by atoms with Crippen molar-refractivity contribution in [3.8, 4) is 0 Å². The molecule has 2 aromatic rings. The number of hydrogen-bond donors (Lipinski definition) is 1. The first-order valence-electron chi connectivity index (χ1n) is 8.73. The number of hydrogen-bond acceptors (Lipinski definition) is 6. The van der Waals surface area contributed by atoms with Crippen molar-refractivity contribution >= 4 is 11.9 Å². The zero-order valence-electron chi connectivity index (χ0n) is 14.1. The second-order valence-electron chi connectivity index (χ2n) is 6.74. The lowest BCUT2D eigenvalue weighted by Gasteiger charge is -2.46. The lowest BCUT2D eigenvalue weighted by Crippen LogP contribution is -2.52. The van der Waals surface area contributed by atoms with Gasteiger partial charge in [0.1, 0.15) is 6.26 Å². The Hall–Kier alpha value is -2.41. The van der Waals surface area contributed by atoms with Gasteiger partial charge in [0.2, 0.25) is 5.95 Å². The molecule has 0 unspecified atom stereocenters. The first-order chi connectivity index (χ1) is 12.2. The SMILES string of the molecule is O=C(c1ccoc1)N1CCC2(CC1)C[C@H](Nc1ncccn1)CCO2. The highest BCUT2D eigenvalue weighted by atomic mass is 16.5. The molecule has 0 bridgehead atoms. The summed E-state index contributed by atoms with van der Waals surface area (Å²) in [6, 6.07) is 3.82. The van der Waals surface area contributed by atoms with Gasteiger partial charge in [-0.15, -0.1) is 0 Å². The molecule has 25 heavy (non-hydrogen) atoms. The van der Waals surface area contributed by atoms with Gasteiger partial charge in [-0.05, 0) is 37.8 Å². The maximum atomic E-state index is 12.4. The maximum Gasteiger partial charge on any atom is 0.257 e. The number of amides is 1. The Balaban J connectivity index is 1.36. The lowest BCUT2D eigenvalue weighted by atomic mass is 9.82. The van der Waals surface area contributed by atoms with E-state index in [0.717, 1.165) is 32.3 Å². The molecule has 0 radical (unpaired) electrons. The Labute approximate surface area is 146 Å². The Morgan fingerprint density at radius 1 is 1.28 bits per heavy atom. The van der Waals surface area contributed by atoms with Crippen molar-refractivity contribution in [2.45, 2.75) is 37.3 Å². The fourth-order valence-electron chi connectivity index (χ4n) is 3.74. The number of likely N-dealkylation sites (tertiary alicyclic amines) is 1. The number of aromatic nitrogens is 2. The van der Waals surface area contributed by atoms with Gasteiger partial charge in [-0.3, -0.25) is 4.79 Å². The van der Waals surface area contributed by atoms with Crippen LogP contribution in [0.3, 0.4) is 0 Å². The first kappa shape index (κ1) is 16.1. The zero-order chi connectivity index (χ0) is 17.1.